The molecule has 4 amide bonds. The molecule has 0 aliphatic carbocycles. The van der Waals surface area contributed by atoms with Crippen molar-refractivity contribution in [3.05, 3.63) is 12.2 Å². The van der Waals surface area contributed by atoms with Gasteiger partial charge in [-0.1, -0.05) is 0 Å². The average molecular weight is 297 g/mol. The minimum atomic E-state index is -1.10. The van der Waals surface area contributed by atoms with E-state index in [1.807, 2.05) is 0 Å². The zero-order valence-corrected chi connectivity index (χ0v) is 11.3. The van der Waals surface area contributed by atoms with Crippen molar-refractivity contribution in [2.24, 2.45) is 0 Å². The molecule has 9 heteroatoms. The second-order valence-corrected chi connectivity index (χ2v) is 4.26. The van der Waals surface area contributed by atoms with Crippen molar-refractivity contribution in [2.45, 2.75) is 18.9 Å². The van der Waals surface area contributed by atoms with Crippen LogP contribution in [0, 0.1) is 0 Å². The minimum absolute atomic E-state index is 0.0963. The van der Waals surface area contributed by atoms with Gasteiger partial charge in [-0.15, -0.1) is 0 Å². The molecule has 1 aliphatic heterocycles. The van der Waals surface area contributed by atoms with Crippen LogP contribution in [0.1, 0.15) is 12.8 Å². The van der Waals surface area contributed by atoms with Gasteiger partial charge in [-0.05, 0) is 6.42 Å². The fourth-order valence-electron chi connectivity index (χ4n) is 1.68. The predicted octanol–water partition coefficient (Wildman–Crippen LogP) is -1.99. The largest absolute Gasteiger partial charge is 0.481 e. The highest BCUT2D eigenvalue weighted by atomic mass is 16.4. The molecule has 114 valence electrons. The summed E-state index contributed by atoms with van der Waals surface area (Å²) in [5.74, 6) is -3.61. The highest BCUT2D eigenvalue weighted by molar-refractivity contribution is 6.14. The normalized spacial score (nSPS) is 15.0. The summed E-state index contributed by atoms with van der Waals surface area (Å²) in [6.07, 6.45) is 1.68. The van der Waals surface area contributed by atoms with Gasteiger partial charge in [0.25, 0.3) is 11.8 Å². The molecule has 9 nitrogen and oxygen atoms in total. The molecule has 0 fully saturated rings. The number of aliphatic carboxylic acids is 1. The Labute approximate surface area is 120 Å². The van der Waals surface area contributed by atoms with Crippen LogP contribution >= 0.6 is 0 Å². The van der Waals surface area contributed by atoms with E-state index in [2.05, 4.69) is 10.6 Å². The fourth-order valence-corrected chi connectivity index (χ4v) is 1.68. The lowest BCUT2D eigenvalue weighted by Crippen LogP contribution is -2.49. The molecule has 1 atom stereocenters. The lowest BCUT2D eigenvalue weighted by atomic mass is 10.1. The van der Waals surface area contributed by atoms with E-state index >= 15 is 0 Å². The van der Waals surface area contributed by atoms with Crippen LogP contribution in [-0.2, 0) is 24.0 Å². The summed E-state index contributed by atoms with van der Waals surface area (Å²) in [6, 6.07) is -1.04. The number of carboxylic acid groups (broad SMARTS) is 1. The number of imide groups is 1. The van der Waals surface area contributed by atoms with Crippen LogP contribution in [0.4, 0.5) is 0 Å². The Morgan fingerprint density at radius 1 is 1.24 bits per heavy atom. The van der Waals surface area contributed by atoms with Gasteiger partial charge in [-0.25, -0.2) is 0 Å². The standard InChI is InChI=1S/C12H15N3O6/c1-13-12(21)7(2-5-11(19)20)14-8(16)6-15-9(17)3-4-10(15)18/h3-4,7H,2,5-6H2,1H3,(H,13,21)(H,14,16)(H,19,20)/t7-/m0/s1. The lowest BCUT2D eigenvalue weighted by molar-refractivity contribution is -0.141. The Bertz CT molecular complexity index is 495. The second kappa shape index (κ2) is 7.17. The molecule has 0 radical (unpaired) electrons. The number of hydrogen-bond donors (Lipinski definition) is 3. The van der Waals surface area contributed by atoms with Crippen molar-refractivity contribution in [2.75, 3.05) is 13.6 Å². The molecule has 1 heterocycles. The molecular formula is C12H15N3O6. The predicted molar refractivity (Wildman–Crippen MR) is 68.7 cm³/mol. The zero-order valence-electron chi connectivity index (χ0n) is 11.3. The van der Waals surface area contributed by atoms with Gasteiger partial charge in [0.15, 0.2) is 0 Å². The van der Waals surface area contributed by atoms with Crippen molar-refractivity contribution in [1.29, 1.82) is 0 Å². The van der Waals surface area contributed by atoms with Crippen LogP contribution < -0.4 is 10.6 Å². The van der Waals surface area contributed by atoms with Crippen LogP contribution in [0.25, 0.3) is 0 Å². The average Bonchev–Trinajstić information content (AvgIpc) is 2.74. The van der Waals surface area contributed by atoms with Crippen molar-refractivity contribution in [1.82, 2.24) is 15.5 Å². The van der Waals surface area contributed by atoms with E-state index < -0.39 is 42.2 Å². The third-order valence-corrected chi connectivity index (χ3v) is 2.75. The summed E-state index contributed by atoms with van der Waals surface area (Å²) in [7, 11) is 1.35. The molecule has 0 unspecified atom stereocenters. The van der Waals surface area contributed by atoms with Crippen LogP contribution in [0.15, 0.2) is 12.2 Å². The molecular weight excluding hydrogens is 282 g/mol. The number of likely N-dealkylation sites (N-methyl/N-ethyl adjacent to an activating group) is 1. The number of amides is 4. The summed E-state index contributed by atoms with van der Waals surface area (Å²) in [5.41, 5.74) is 0. The third kappa shape index (κ3) is 4.71. The zero-order chi connectivity index (χ0) is 16.0. The molecule has 0 aromatic rings. The SMILES string of the molecule is CNC(=O)[C@H](CCC(=O)O)NC(=O)CN1C(=O)C=CC1=O. The van der Waals surface area contributed by atoms with Crippen LogP contribution in [-0.4, -0.2) is 59.2 Å². The Kier molecular flexibility index (Phi) is 5.58. The quantitative estimate of drug-likeness (QED) is 0.466. The smallest absolute Gasteiger partial charge is 0.303 e. The van der Waals surface area contributed by atoms with Gasteiger partial charge < -0.3 is 15.7 Å². The minimum Gasteiger partial charge on any atom is -0.481 e. The fraction of sp³-hybridized carbons (Fsp3) is 0.417. The molecule has 1 aliphatic rings. The molecule has 0 bridgehead atoms. The summed E-state index contributed by atoms with van der Waals surface area (Å²) < 4.78 is 0. The van der Waals surface area contributed by atoms with Crippen LogP contribution in [0.3, 0.4) is 0 Å². The van der Waals surface area contributed by atoms with E-state index in [0.29, 0.717) is 4.90 Å². The molecule has 0 saturated heterocycles. The van der Waals surface area contributed by atoms with E-state index in [9.17, 15) is 24.0 Å². The Morgan fingerprint density at radius 3 is 2.29 bits per heavy atom. The van der Waals surface area contributed by atoms with E-state index in [0.717, 1.165) is 12.2 Å². The summed E-state index contributed by atoms with van der Waals surface area (Å²) in [6.45, 7) is -0.523. The molecule has 1 rings (SSSR count). The topological polar surface area (TPSA) is 133 Å². The monoisotopic (exact) mass is 297 g/mol. The molecule has 0 aromatic carbocycles. The van der Waals surface area contributed by atoms with Gasteiger partial charge in [0.1, 0.15) is 12.6 Å². The Balaban J connectivity index is 2.59. The second-order valence-electron chi connectivity index (χ2n) is 4.26. The van der Waals surface area contributed by atoms with Gasteiger partial charge in [0.05, 0.1) is 0 Å². The third-order valence-electron chi connectivity index (χ3n) is 2.75. The lowest BCUT2D eigenvalue weighted by Gasteiger charge is -2.19. The first-order chi connectivity index (χ1) is 9.85. The number of carboxylic acids is 1. The first-order valence-corrected chi connectivity index (χ1v) is 6.11. The first kappa shape index (κ1) is 16.3. The van der Waals surface area contributed by atoms with Gasteiger partial charge in [-0.2, -0.15) is 0 Å². The van der Waals surface area contributed by atoms with Crippen molar-refractivity contribution < 1.29 is 29.1 Å². The number of hydrogen-bond acceptors (Lipinski definition) is 5. The molecule has 0 aromatic heterocycles. The summed E-state index contributed by atoms with van der Waals surface area (Å²) >= 11 is 0. The van der Waals surface area contributed by atoms with Crippen LogP contribution in [0.5, 0.6) is 0 Å². The van der Waals surface area contributed by atoms with Crippen molar-refractivity contribution >= 4 is 29.6 Å². The summed E-state index contributed by atoms with van der Waals surface area (Å²) in [5, 5.41) is 13.2. The summed E-state index contributed by atoms with van der Waals surface area (Å²) in [4.78, 5) is 57.1. The molecule has 3 N–H and O–H groups in total. The Morgan fingerprint density at radius 2 is 1.81 bits per heavy atom. The number of rotatable bonds is 7. The molecule has 21 heavy (non-hydrogen) atoms. The first-order valence-electron chi connectivity index (χ1n) is 6.11. The molecule has 0 spiro atoms. The van der Waals surface area contributed by atoms with E-state index in [1.165, 1.54) is 7.05 Å². The maximum Gasteiger partial charge on any atom is 0.303 e. The van der Waals surface area contributed by atoms with Crippen LogP contribution in [0.2, 0.25) is 0 Å². The maximum atomic E-state index is 11.8. The van der Waals surface area contributed by atoms with Crippen molar-refractivity contribution in [3.8, 4) is 0 Å². The van der Waals surface area contributed by atoms with E-state index in [-0.39, 0.29) is 12.8 Å². The van der Waals surface area contributed by atoms with Gasteiger partial charge in [0.2, 0.25) is 11.8 Å². The Hall–Kier alpha value is -2.71. The van der Waals surface area contributed by atoms with Gasteiger partial charge in [-0.3, -0.25) is 28.9 Å². The number of nitrogens with zero attached hydrogens (tertiary/aromatic N) is 1. The highest BCUT2D eigenvalue weighted by Crippen LogP contribution is 2.03. The number of nitrogens with one attached hydrogen (secondary N) is 2. The maximum absolute atomic E-state index is 11.8. The van der Waals surface area contributed by atoms with E-state index in [4.69, 9.17) is 5.11 Å². The van der Waals surface area contributed by atoms with Crippen molar-refractivity contribution in [3.63, 3.8) is 0 Å². The highest BCUT2D eigenvalue weighted by Gasteiger charge is 2.27. The van der Waals surface area contributed by atoms with Gasteiger partial charge in [0, 0.05) is 25.6 Å². The number of carbonyl (C=O) groups is 5. The van der Waals surface area contributed by atoms with E-state index in [1.54, 1.807) is 0 Å². The number of carbonyl (C=O) groups excluding carboxylic acids is 4. The molecule has 0 saturated carbocycles. The van der Waals surface area contributed by atoms with Gasteiger partial charge >= 0.3 is 5.97 Å².